The molecule has 0 heterocycles. The first-order valence-electron chi connectivity index (χ1n) is 8.15. The molecule has 0 radical (unpaired) electrons. The van der Waals surface area contributed by atoms with Crippen molar-refractivity contribution in [3.05, 3.63) is 29.8 Å². The number of aliphatic hydroxyl groups excluding tert-OH is 1. The zero-order valence-corrected chi connectivity index (χ0v) is 13.6. The van der Waals surface area contributed by atoms with E-state index >= 15 is 0 Å². The van der Waals surface area contributed by atoms with Crippen LogP contribution in [0, 0.1) is 5.92 Å². The molecule has 3 nitrogen and oxygen atoms in total. The minimum atomic E-state index is -0.196. The van der Waals surface area contributed by atoms with E-state index in [4.69, 9.17) is 4.74 Å². The maximum absolute atomic E-state index is 10.4. The van der Waals surface area contributed by atoms with Crippen LogP contribution in [0.25, 0.3) is 0 Å². The summed E-state index contributed by atoms with van der Waals surface area (Å²) in [5.41, 5.74) is 1.19. The normalized spacial score (nSPS) is 26.0. The van der Waals surface area contributed by atoms with Gasteiger partial charge in [0.05, 0.1) is 13.2 Å². The Balaban J connectivity index is 2.02. The van der Waals surface area contributed by atoms with Crippen molar-refractivity contribution in [3.63, 3.8) is 0 Å². The lowest BCUT2D eigenvalue weighted by molar-refractivity contribution is 0.00934. The second kappa shape index (κ2) is 7.81. The van der Waals surface area contributed by atoms with E-state index in [0.717, 1.165) is 31.1 Å². The number of rotatable bonds is 6. The third kappa shape index (κ3) is 4.21. The van der Waals surface area contributed by atoms with Crippen molar-refractivity contribution >= 4 is 0 Å². The van der Waals surface area contributed by atoms with E-state index in [9.17, 15) is 5.11 Å². The molecule has 21 heavy (non-hydrogen) atoms. The SMILES string of the molecule is CCCC1CCC(O)C(N(C)Cc2ccccc2OC)C1. The predicted molar refractivity (Wildman–Crippen MR) is 86.5 cm³/mol. The fourth-order valence-corrected chi connectivity index (χ4v) is 3.58. The van der Waals surface area contributed by atoms with Gasteiger partial charge in [-0.05, 0) is 38.3 Å². The number of para-hydroxylation sites is 1. The summed E-state index contributed by atoms with van der Waals surface area (Å²) in [7, 11) is 3.83. The van der Waals surface area contributed by atoms with Gasteiger partial charge in [0.1, 0.15) is 5.75 Å². The quantitative estimate of drug-likeness (QED) is 0.871. The third-order valence-electron chi connectivity index (χ3n) is 4.77. The molecule has 1 aliphatic rings. The molecule has 0 aliphatic heterocycles. The lowest BCUT2D eigenvalue weighted by Gasteiger charge is -2.39. The Hall–Kier alpha value is -1.06. The Labute approximate surface area is 128 Å². The minimum Gasteiger partial charge on any atom is -0.496 e. The summed E-state index contributed by atoms with van der Waals surface area (Å²) in [6.07, 6.45) is 5.55. The van der Waals surface area contributed by atoms with Gasteiger partial charge in [-0.15, -0.1) is 0 Å². The van der Waals surface area contributed by atoms with E-state index < -0.39 is 0 Å². The average Bonchev–Trinajstić information content (AvgIpc) is 2.50. The lowest BCUT2D eigenvalue weighted by Crippen LogP contribution is -2.45. The molecule has 1 N–H and O–H groups in total. The van der Waals surface area contributed by atoms with Gasteiger partial charge >= 0.3 is 0 Å². The molecule has 1 aliphatic carbocycles. The zero-order chi connectivity index (χ0) is 15.2. The molecule has 3 unspecified atom stereocenters. The summed E-state index contributed by atoms with van der Waals surface area (Å²) in [5, 5.41) is 10.4. The molecule has 0 bridgehead atoms. The van der Waals surface area contributed by atoms with Gasteiger partial charge in [-0.1, -0.05) is 38.0 Å². The summed E-state index contributed by atoms with van der Waals surface area (Å²) >= 11 is 0. The van der Waals surface area contributed by atoms with Crippen molar-refractivity contribution in [1.29, 1.82) is 0 Å². The topological polar surface area (TPSA) is 32.7 Å². The summed E-state index contributed by atoms with van der Waals surface area (Å²) in [6, 6.07) is 8.41. The first-order chi connectivity index (χ1) is 10.2. The van der Waals surface area contributed by atoms with Crippen molar-refractivity contribution in [1.82, 2.24) is 4.90 Å². The van der Waals surface area contributed by atoms with Crippen LogP contribution in [0.5, 0.6) is 5.75 Å². The second-order valence-electron chi connectivity index (χ2n) is 6.33. The monoisotopic (exact) mass is 291 g/mol. The first kappa shape index (κ1) is 16.3. The highest BCUT2D eigenvalue weighted by atomic mass is 16.5. The van der Waals surface area contributed by atoms with Gasteiger partial charge in [0.15, 0.2) is 0 Å². The Morgan fingerprint density at radius 3 is 2.76 bits per heavy atom. The standard InChI is InChI=1S/C18H29NO2/c1-4-7-14-10-11-17(20)16(12-14)19(2)13-15-8-5-6-9-18(15)21-3/h5-6,8-9,14,16-17,20H,4,7,10-13H2,1-3H3. The summed E-state index contributed by atoms with van der Waals surface area (Å²) in [6.45, 7) is 3.07. The van der Waals surface area contributed by atoms with Crippen LogP contribution in [-0.4, -0.2) is 36.3 Å². The molecular formula is C18H29NO2. The summed E-state index contributed by atoms with van der Waals surface area (Å²) < 4.78 is 5.43. The van der Waals surface area contributed by atoms with Crippen LogP contribution in [0.2, 0.25) is 0 Å². The number of aliphatic hydroxyl groups is 1. The highest BCUT2D eigenvalue weighted by molar-refractivity contribution is 5.33. The highest BCUT2D eigenvalue weighted by Crippen LogP contribution is 2.31. The van der Waals surface area contributed by atoms with Crippen molar-refractivity contribution in [2.75, 3.05) is 14.2 Å². The minimum absolute atomic E-state index is 0.196. The van der Waals surface area contributed by atoms with Gasteiger partial charge in [0, 0.05) is 18.2 Å². The maximum Gasteiger partial charge on any atom is 0.123 e. The smallest absolute Gasteiger partial charge is 0.123 e. The van der Waals surface area contributed by atoms with Crippen molar-refractivity contribution in [2.24, 2.45) is 5.92 Å². The van der Waals surface area contributed by atoms with Gasteiger partial charge in [-0.3, -0.25) is 4.90 Å². The Morgan fingerprint density at radius 2 is 2.05 bits per heavy atom. The molecule has 1 saturated carbocycles. The molecule has 118 valence electrons. The molecule has 1 fully saturated rings. The van der Waals surface area contributed by atoms with Crippen molar-refractivity contribution in [3.8, 4) is 5.75 Å². The fraction of sp³-hybridized carbons (Fsp3) is 0.667. The van der Waals surface area contributed by atoms with Crippen molar-refractivity contribution < 1.29 is 9.84 Å². The number of nitrogens with zero attached hydrogens (tertiary/aromatic N) is 1. The van der Waals surface area contributed by atoms with E-state index in [1.165, 1.54) is 24.8 Å². The molecule has 1 aromatic rings. The maximum atomic E-state index is 10.4. The summed E-state index contributed by atoms with van der Waals surface area (Å²) in [5.74, 6) is 1.70. The number of benzene rings is 1. The third-order valence-corrected chi connectivity index (χ3v) is 4.77. The number of methoxy groups -OCH3 is 1. The van der Waals surface area contributed by atoms with Gasteiger partial charge in [0.25, 0.3) is 0 Å². The number of hydrogen-bond donors (Lipinski definition) is 1. The van der Waals surface area contributed by atoms with Crippen LogP contribution in [0.4, 0.5) is 0 Å². The van der Waals surface area contributed by atoms with Gasteiger partial charge in [0.2, 0.25) is 0 Å². The van der Waals surface area contributed by atoms with Crippen LogP contribution in [0.3, 0.4) is 0 Å². The predicted octanol–water partition coefficient (Wildman–Crippen LogP) is 3.46. The molecule has 3 atom stereocenters. The van der Waals surface area contributed by atoms with Crippen LogP contribution in [0.1, 0.15) is 44.6 Å². The second-order valence-corrected chi connectivity index (χ2v) is 6.33. The van der Waals surface area contributed by atoms with E-state index in [-0.39, 0.29) is 12.1 Å². The van der Waals surface area contributed by atoms with Gasteiger partial charge in [-0.25, -0.2) is 0 Å². The van der Waals surface area contributed by atoms with Crippen LogP contribution in [0.15, 0.2) is 24.3 Å². The summed E-state index contributed by atoms with van der Waals surface area (Å²) in [4.78, 5) is 2.30. The average molecular weight is 291 g/mol. The van der Waals surface area contributed by atoms with E-state index in [1.54, 1.807) is 7.11 Å². The van der Waals surface area contributed by atoms with Crippen LogP contribution in [-0.2, 0) is 6.54 Å². The lowest BCUT2D eigenvalue weighted by atomic mass is 9.81. The molecule has 0 spiro atoms. The van der Waals surface area contributed by atoms with E-state index in [2.05, 4.69) is 24.9 Å². The molecule has 3 heteroatoms. The largest absolute Gasteiger partial charge is 0.496 e. The van der Waals surface area contributed by atoms with E-state index in [0.29, 0.717) is 0 Å². The zero-order valence-electron chi connectivity index (χ0n) is 13.6. The Bertz CT molecular complexity index is 435. The van der Waals surface area contributed by atoms with Gasteiger partial charge in [-0.2, -0.15) is 0 Å². The fourth-order valence-electron chi connectivity index (χ4n) is 3.58. The van der Waals surface area contributed by atoms with Crippen LogP contribution < -0.4 is 4.74 Å². The first-order valence-corrected chi connectivity index (χ1v) is 8.15. The Kier molecular flexibility index (Phi) is 6.07. The van der Waals surface area contributed by atoms with Crippen LogP contribution >= 0.6 is 0 Å². The highest BCUT2D eigenvalue weighted by Gasteiger charge is 2.31. The molecule has 1 aromatic carbocycles. The number of ether oxygens (including phenoxy) is 1. The molecular weight excluding hydrogens is 262 g/mol. The molecule has 0 aromatic heterocycles. The molecule has 0 amide bonds. The Morgan fingerprint density at radius 1 is 1.29 bits per heavy atom. The number of likely N-dealkylation sites (N-methyl/N-ethyl adjacent to an activating group) is 1. The van der Waals surface area contributed by atoms with E-state index in [1.807, 2.05) is 18.2 Å². The van der Waals surface area contributed by atoms with Crippen molar-refractivity contribution in [2.45, 2.75) is 57.7 Å². The number of hydrogen-bond acceptors (Lipinski definition) is 3. The molecule has 0 saturated heterocycles. The van der Waals surface area contributed by atoms with Gasteiger partial charge < -0.3 is 9.84 Å². The molecule has 2 rings (SSSR count).